The summed E-state index contributed by atoms with van der Waals surface area (Å²) in [7, 11) is 0. The van der Waals surface area contributed by atoms with Crippen LogP contribution in [0.1, 0.15) is 0 Å². The predicted molar refractivity (Wildman–Crippen MR) is 253 cm³/mol. The average Bonchev–Trinajstić information content (AvgIpc) is 3.72. The lowest BCUT2D eigenvalue weighted by atomic mass is 9.96. The molecule has 10 aromatic carbocycles. The Morgan fingerprint density at radius 2 is 0.700 bits per heavy atom. The Morgan fingerprint density at radius 3 is 1.27 bits per heavy atom. The first-order valence-electron chi connectivity index (χ1n) is 20.5. The van der Waals surface area contributed by atoms with E-state index in [0.717, 1.165) is 66.5 Å². The highest BCUT2D eigenvalue weighted by molar-refractivity contribution is 6.18. The zero-order valence-electron chi connectivity index (χ0n) is 32.9. The van der Waals surface area contributed by atoms with Gasteiger partial charge in [0.1, 0.15) is 11.2 Å². The summed E-state index contributed by atoms with van der Waals surface area (Å²) in [5.41, 5.74) is 16.6. The largest absolute Gasteiger partial charge is 0.455 e. The maximum absolute atomic E-state index is 6.99. The minimum Gasteiger partial charge on any atom is -0.455 e. The first-order valence-corrected chi connectivity index (χ1v) is 20.5. The van der Waals surface area contributed by atoms with E-state index in [0.29, 0.717) is 0 Å². The summed E-state index contributed by atoms with van der Waals surface area (Å²) in [5.74, 6) is 0. The second-order valence-electron chi connectivity index (χ2n) is 15.3. The Labute approximate surface area is 349 Å². The number of nitrogens with zero attached hydrogens (tertiary/aromatic N) is 1. The zero-order valence-corrected chi connectivity index (χ0v) is 32.9. The molecule has 0 aliphatic carbocycles. The molecule has 2 nitrogen and oxygen atoms in total. The van der Waals surface area contributed by atoms with Gasteiger partial charge in [-0.2, -0.15) is 0 Å². The molecule has 0 spiro atoms. The van der Waals surface area contributed by atoms with E-state index in [1.807, 2.05) is 0 Å². The van der Waals surface area contributed by atoms with Crippen molar-refractivity contribution in [3.8, 4) is 55.6 Å². The highest BCUT2D eigenvalue weighted by Gasteiger charge is 2.21. The molecule has 0 aliphatic heterocycles. The maximum Gasteiger partial charge on any atom is 0.143 e. The van der Waals surface area contributed by atoms with Crippen LogP contribution in [0.5, 0.6) is 0 Å². The summed E-state index contributed by atoms with van der Waals surface area (Å²) < 4.78 is 6.99. The molecule has 11 rings (SSSR count). The molecule has 0 saturated carbocycles. The molecule has 282 valence electrons. The van der Waals surface area contributed by atoms with Gasteiger partial charge in [-0.05, 0) is 104 Å². The summed E-state index contributed by atoms with van der Waals surface area (Å²) in [5, 5.41) is 4.44. The summed E-state index contributed by atoms with van der Waals surface area (Å²) in [6.45, 7) is 0. The van der Waals surface area contributed by atoms with E-state index < -0.39 is 0 Å². The molecule has 0 saturated heterocycles. The van der Waals surface area contributed by atoms with Gasteiger partial charge in [-0.15, -0.1) is 0 Å². The Balaban J connectivity index is 1.09. The Morgan fingerprint density at radius 1 is 0.250 bits per heavy atom. The number of hydrogen-bond donors (Lipinski definition) is 0. The topological polar surface area (TPSA) is 16.4 Å². The lowest BCUT2D eigenvalue weighted by Crippen LogP contribution is -2.10. The van der Waals surface area contributed by atoms with E-state index in [1.54, 1.807) is 0 Å². The summed E-state index contributed by atoms with van der Waals surface area (Å²) in [6, 6.07) is 84.8. The molecule has 0 amide bonds. The normalized spacial score (nSPS) is 11.3. The molecule has 60 heavy (non-hydrogen) atoms. The Hall–Kier alpha value is -7.94. The molecular weight excluding hydrogens is 727 g/mol. The van der Waals surface area contributed by atoms with Crippen LogP contribution >= 0.6 is 0 Å². The van der Waals surface area contributed by atoms with E-state index in [4.69, 9.17) is 4.42 Å². The van der Waals surface area contributed by atoms with E-state index in [2.05, 4.69) is 241 Å². The van der Waals surface area contributed by atoms with Gasteiger partial charge in [0.05, 0.1) is 0 Å². The summed E-state index contributed by atoms with van der Waals surface area (Å²) >= 11 is 0. The number of rotatable bonds is 8. The highest BCUT2D eigenvalue weighted by atomic mass is 16.3. The monoisotopic (exact) mass is 765 g/mol. The van der Waals surface area contributed by atoms with Gasteiger partial charge in [0.2, 0.25) is 0 Å². The van der Waals surface area contributed by atoms with Gasteiger partial charge in [0, 0.05) is 38.8 Å². The van der Waals surface area contributed by atoms with Gasteiger partial charge in [-0.1, -0.05) is 188 Å². The van der Waals surface area contributed by atoms with Crippen LogP contribution in [0.3, 0.4) is 0 Å². The van der Waals surface area contributed by atoms with Crippen LogP contribution in [-0.2, 0) is 0 Å². The maximum atomic E-state index is 6.99. The van der Waals surface area contributed by atoms with Crippen LogP contribution in [-0.4, -0.2) is 0 Å². The van der Waals surface area contributed by atoms with Crippen LogP contribution in [0.4, 0.5) is 17.1 Å². The Kier molecular flexibility index (Phi) is 8.87. The molecule has 0 fully saturated rings. The quantitative estimate of drug-likeness (QED) is 0.153. The predicted octanol–water partition coefficient (Wildman–Crippen LogP) is 16.5. The van der Waals surface area contributed by atoms with Gasteiger partial charge >= 0.3 is 0 Å². The van der Waals surface area contributed by atoms with Crippen LogP contribution in [0.25, 0.3) is 88.3 Å². The molecule has 0 aliphatic rings. The molecule has 2 heteroatoms. The molecule has 11 aromatic rings. The highest BCUT2D eigenvalue weighted by Crippen LogP contribution is 2.45. The van der Waals surface area contributed by atoms with Crippen LogP contribution in [0, 0.1) is 0 Å². The molecule has 0 atom stereocenters. The van der Waals surface area contributed by atoms with Crippen molar-refractivity contribution >= 4 is 49.8 Å². The van der Waals surface area contributed by atoms with E-state index in [-0.39, 0.29) is 0 Å². The fourth-order valence-electron chi connectivity index (χ4n) is 8.60. The molecule has 1 heterocycles. The fraction of sp³-hybridized carbons (Fsp3) is 0. The van der Waals surface area contributed by atoms with Crippen LogP contribution < -0.4 is 4.90 Å². The molecule has 0 radical (unpaired) electrons. The molecule has 0 bridgehead atoms. The van der Waals surface area contributed by atoms with E-state index >= 15 is 0 Å². The lowest BCUT2D eigenvalue weighted by Gasteiger charge is -2.27. The third-order valence-electron chi connectivity index (χ3n) is 11.7. The number of hydrogen-bond acceptors (Lipinski definition) is 2. The van der Waals surface area contributed by atoms with Crippen molar-refractivity contribution in [3.63, 3.8) is 0 Å². The minimum atomic E-state index is 0.879. The number of fused-ring (bicyclic) bond motifs is 5. The van der Waals surface area contributed by atoms with Crippen molar-refractivity contribution in [1.82, 2.24) is 0 Å². The smallest absolute Gasteiger partial charge is 0.143 e. The van der Waals surface area contributed by atoms with E-state index in [1.165, 1.54) is 38.9 Å². The van der Waals surface area contributed by atoms with Gasteiger partial charge in [-0.3, -0.25) is 0 Å². The Bertz CT molecular complexity index is 3260. The average molecular weight is 766 g/mol. The molecular formula is C58H39NO. The van der Waals surface area contributed by atoms with Gasteiger partial charge < -0.3 is 9.32 Å². The number of anilines is 3. The first kappa shape index (κ1) is 35.2. The molecule has 1 aromatic heterocycles. The third kappa shape index (κ3) is 6.51. The standard InChI is InChI=1S/C58H39NO/c1-4-13-40(14-5-1)43-23-25-44(26-24-43)46-29-34-51(35-30-46)59(50-32-27-45(28-33-50)41-15-6-2-7-16-41)52-38-55(49-21-12-20-48(37-49)42-17-8-3-9-18-42)58-56(39-52)54-36-31-47-19-10-11-22-53(47)57(54)60-58/h1-39H. The number of benzene rings is 10. The van der Waals surface area contributed by atoms with Gasteiger partial charge in [0.25, 0.3) is 0 Å². The lowest BCUT2D eigenvalue weighted by molar-refractivity contribution is 0.674. The SMILES string of the molecule is c1ccc(-c2ccc(-c3ccc(N(c4ccc(-c5ccccc5)cc4)c4cc(-c5cccc(-c6ccccc6)c5)c5oc6c7ccccc7ccc6c5c4)cc3)cc2)cc1. The number of furan rings is 1. The van der Waals surface area contributed by atoms with Gasteiger partial charge in [-0.25, -0.2) is 0 Å². The third-order valence-corrected chi connectivity index (χ3v) is 11.7. The van der Waals surface area contributed by atoms with Crippen molar-refractivity contribution in [2.75, 3.05) is 4.90 Å². The molecule has 0 unspecified atom stereocenters. The van der Waals surface area contributed by atoms with Crippen molar-refractivity contribution in [3.05, 3.63) is 237 Å². The van der Waals surface area contributed by atoms with E-state index in [9.17, 15) is 0 Å². The van der Waals surface area contributed by atoms with Crippen molar-refractivity contribution < 1.29 is 4.42 Å². The first-order chi connectivity index (χ1) is 29.7. The van der Waals surface area contributed by atoms with Crippen molar-refractivity contribution in [2.45, 2.75) is 0 Å². The van der Waals surface area contributed by atoms with Crippen LogP contribution in [0.15, 0.2) is 241 Å². The second kappa shape index (κ2) is 15.1. The summed E-state index contributed by atoms with van der Waals surface area (Å²) in [6.07, 6.45) is 0. The summed E-state index contributed by atoms with van der Waals surface area (Å²) in [4.78, 5) is 2.38. The zero-order chi connectivity index (χ0) is 39.8. The minimum absolute atomic E-state index is 0.879. The van der Waals surface area contributed by atoms with Gasteiger partial charge in [0.15, 0.2) is 0 Å². The van der Waals surface area contributed by atoms with Crippen molar-refractivity contribution in [2.24, 2.45) is 0 Å². The fourth-order valence-corrected chi connectivity index (χ4v) is 8.60. The van der Waals surface area contributed by atoms with Crippen LogP contribution in [0.2, 0.25) is 0 Å². The second-order valence-corrected chi connectivity index (χ2v) is 15.3. The molecule has 0 N–H and O–H groups in total. The van der Waals surface area contributed by atoms with Crippen molar-refractivity contribution in [1.29, 1.82) is 0 Å².